The predicted octanol–water partition coefficient (Wildman–Crippen LogP) is 9.27. The van der Waals surface area contributed by atoms with Crippen LogP contribution in [0.15, 0.2) is 95.7 Å². The van der Waals surface area contributed by atoms with Gasteiger partial charge in [0.1, 0.15) is 22.7 Å². The SMILES string of the molecule is C#Cc1ccc(SNC(=O)c2ccc(N3CCN(CC4=C(c5ccc(Cl)cc5)CC5(CCC5)CC4)CC3)cc2Oc2cnc3[nH]ccc3c2)cc1[N+](=O)[O-]. The minimum absolute atomic E-state index is 0.173. The number of nitro benzene ring substituents is 1. The van der Waals surface area contributed by atoms with Crippen LogP contribution < -0.4 is 14.4 Å². The fourth-order valence-corrected chi connectivity index (χ4v) is 8.67. The van der Waals surface area contributed by atoms with E-state index in [4.69, 9.17) is 22.8 Å². The molecule has 3 aliphatic rings. The summed E-state index contributed by atoms with van der Waals surface area (Å²) in [7, 11) is 0. The zero-order valence-electron chi connectivity index (χ0n) is 29.6. The number of rotatable bonds is 10. The van der Waals surface area contributed by atoms with E-state index in [1.807, 2.05) is 42.6 Å². The Labute approximate surface area is 323 Å². The van der Waals surface area contributed by atoms with Crippen LogP contribution in [-0.4, -0.2) is 58.4 Å². The summed E-state index contributed by atoms with van der Waals surface area (Å²) in [6.07, 6.45) is 16.5. The molecule has 3 aromatic carbocycles. The molecule has 12 heteroatoms. The Balaban J connectivity index is 0.994. The number of terminal acetylenes is 1. The number of fused-ring (bicyclic) bond motifs is 1. The first-order chi connectivity index (χ1) is 26.3. The molecule has 0 bridgehead atoms. The molecule has 1 saturated carbocycles. The highest BCUT2D eigenvalue weighted by Crippen LogP contribution is 2.55. The number of allylic oxidation sites excluding steroid dienone is 1. The van der Waals surface area contributed by atoms with Gasteiger partial charge in [0.15, 0.2) is 0 Å². The number of carbonyl (C=O) groups is 1. The molecule has 1 amide bonds. The van der Waals surface area contributed by atoms with Crippen LogP contribution in [0.5, 0.6) is 11.5 Å². The van der Waals surface area contributed by atoms with E-state index in [-0.39, 0.29) is 11.3 Å². The summed E-state index contributed by atoms with van der Waals surface area (Å²) in [5.41, 5.74) is 6.85. The Morgan fingerprint density at radius 1 is 1.06 bits per heavy atom. The second kappa shape index (κ2) is 15.2. The third-order valence-electron chi connectivity index (χ3n) is 11.1. The molecular weight excluding hydrogens is 720 g/mol. The van der Waals surface area contributed by atoms with Crippen molar-refractivity contribution in [3.05, 3.63) is 123 Å². The molecule has 1 spiro atoms. The number of hydrogen-bond donors (Lipinski definition) is 2. The minimum atomic E-state index is -0.531. The van der Waals surface area contributed by atoms with Gasteiger partial charge in [-0.05, 0) is 109 Å². The van der Waals surface area contributed by atoms with E-state index in [0.29, 0.717) is 27.4 Å². The van der Waals surface area contributed by atoms with E-state index in [1.165, 1.54) is 49.0 Å². The standard InChI is InChI=1S/C42H39ClN6O4S/c1-2-28-6-10-35(24-38(28)49(51)52)54-46-41(50)36-11-9-33(23-39(36)53-34-22-30-13-17-44-40(30)45-26-34)48-20-18-47(19-21-48)27-31-12-16-42(14-3-15-42)25-37(31)29-4-7-32(43)8-5-29/h1,4-11,13,17,22-24,26H,3,12,14-16,18-21,25,27H2,(H,44,45)(H,46,50). The first-order valence-corrected chi connectivity index (χ1v) is 19.4. The fraction of sp³-hybridized carbons (Fsp3) is 0.286. The van der Waals surface area contributed by atoms with Gasteiger partial charge in [-0.2, -0.15) is 0 Å². The van der Waals surface area contributed by atoms with Crippen molar-refractivity contribution in [2.24, 2.45) is 5.41 Å². The van der Waals surface area contributed by atoms with Gasteiger partial charge in [-0.1, -0.05) is 41.6 Å². The second-order valence-corrected chi connectivity index (χ2v) is 15.7. The van der Waals surface area contributed by atoms with Gasteiger partial charge in [0.25, 0.3) is 11.6 Å². The molecule has 0 unspecified atom stereocenters. The van der Waals surface area contributed by atoms with E-state index in [0.717, 1.165) is 79.3 Å². The summed E-state index contributed by atoms with van der Waals surface area (Å²) in [6, 6.07) is 22.3. The first kappa shape index (κ1) is 35.7. The van der Waals surface area contributed by atoms with Crippen LogP contribution in [0.3, 0.4) is 0 Å². The molecule has 274 valence electrons. The number of carbonyl (C=O) groups excluding carboxylic acids is 1. The first-order valence-electron chi connectivity index (χ1n) is 18.2. The number of aromatic amines is 1. The van der Waals surface area contributed by atoms with Crippen molar-refractivity contribution in [1.29, 1.82) is 0 Å². The highest BCUT2D eigenvalue weighted by molar-refractivity contribution is 7.98. The van der Waals surface area contributed by atoms with Crippen molar-refractivity contribution in [3.8, 4) is 23.8 Å². The number of nitrogens with one attached hydrogen (secondary N) is 2. The van der Waals surface area contributed by atoms with Crippen molar-refractivity contribution in [2.45, 2.75) is 43.4 Å². The van der Waals surface area contributed by atoms with Crippen LogP contribution in [0.2, 0.25) is 5.02 Å². The molecule has 1 aliphatic heterocycles. The lowest BCUT2D eigenvalue weighted by atomic mass is 9.59. The van der Waals surface area contributed by atoms with Gasteiger partial charge in [-0.3, -0.25) is 24.5 Å². The van der Waals surface area contributed by atoms with Gasteiger partial charge in [0.05, 0.1) is 16.7 Å². The van der Waals surface area contributed by atoms with E-state index in [9.17, 15) is 14.9 Å². The molecule has 2 fully saturated rings. The maximum absolute atomic E-state index is 13.6. The Morgan fingerprint density at radius 3 is 2.61 bits per heavy atom. The predicted molar refractivity (Wildman–Crippen MR) is 214 cm³/mol. The van der Waals surface area contributed by atoms with Crippen LogP contribution in [0, 0.1) is 27.9 Å². The Bertz CT molecular complexity index is 2300. The molecule has 0 atom stereocenters. The maximum Gasteiger partial charge on any atom is 0.286 e. The average molecular weight is 759 g/mol. The van der Waals surface area contributed by atoms with Crippen molar-refractivity contribution >= 4 is 57.4 Å². The average Bonchev–Trinajstić information content (AvgIpc) is 3.65. The summed E-state index contributed by atoms with van der Waals surface area (Å²) in [4.78, 5) is 37.6. The van der Waals surface area contributed by atoms with Crippen molar-refractivity contribution < 1.29 is 14.5 Å². The zero-order chi connectivity index (χ0) is 37.2. The van der Waals surface area contributed by atoms with E-state index >= 15 is 0 Å². The van der Waals surface area contributed by atoms with Gasteiger partial charge in [-0.15, -0.1) is 6.42 Å². The summed E-state index contributed by atoms with van der Waals surface area (Å²) in [5, 5.41) is 13.2. The van der Waals surface area contributed by atoms with Crippen LogP contribution >= 0.6 is 23.5 Å². The molecule has 8 rings (SSSR count). The number of ether oxygens (including phenoxy) is 1. The van der Waals surface area contributed by atoms with Crippen LogP contribution in [0.4, 0.5) is 11.4 Å². The molecule has 2 aliphatic carbocycles. The number of nitrogens with zero attached hydrogens (tertiary/aromatic N) is 4. The molecule has 5 aromatic rings. The number of benzene rings is 3. The minimum Gasteiger partial charge on any atom is -0.455 e. The molecule has 0 radical (unpaired) electrons. The molecule has 2 N–H and O–H groups in total. The number of H-pyrrole nitrogens is 1. The number of nitro groups is 1. The van der Waals surface area contributed by atoms with E-state index in [1.54, 1.807) is 23.9 Å². The lowest BCUT2D eigenvalue weighted by Crippen LogP contribution is -2.47. The normalized spacial score (nSPS) is 16.9. The molecule has 2 aromatic heterocycles. The third kappa shape index (κ3) is 7.55. The smallest absolute Gasteiger partial charge is 0.286 e. The van der Waals surface area contributed by atoms with Gasteiger partial charge in [-0.25, -0.2) is 4.98 Å². The van der Waals surface area contributed by atoms with Gasteiger partial charge in [0, 0.05) is 72.0 Å². The molecule has 1 saturated heterocycles. The summed E-state index contributed by atoms with van der Waals surface area (Å²) in [6.45, 7) is 4.46. The monoisotopic (exact) mass is 758 g/mol. The van der Waals surface area contributed by atoms with E-state index in [2.05, 4.69) is 42.5 Å². The van der Waals surface area contributed by atoms with Crippen LogP contribution in [0.1, 0.15) is 60.0 Å². The number of pyridine rings is 1. The highest BCUT2D eigenvalue weighted by Gasteiger charge is 2.41. The van der Waals surface area contributed by atoms with Crippen molar-refractivity contribution in [2.75, 3.05) is 37.6 Å². The largest absolute Gasteiger partial charge is 0.455 e. The number of anilines is 1. The van der Waals surface area contributed by atoms with Gasteiger partial charge >= 0.3 is 0 Å². The van der Waals surface area contributed by atoms with E-state index < -0.39 is 10.8 Å². The second-order valence-electron chi connectivity index (χ2n) is 14.4. The van der Waals surface area contributed by atoms with Gasteiger partial charge in [0.2, 0.25) is 0 Å². The Kier molecular flexibility index (Phi) is 10.1. The fourth-order valence-electron chi connectivity index (χ4n) is 7.92. The number of halogens is 1. The van der Waals surface area contributed by atoms with Crippen LogP contribution in [0.25, 0.3) is 16.6 Å². The van der Waals surface area contributed by atoms with Crippen molar-refractivity contribution in [3.63, 3.8) is 0 Å². The third-order valence-corrected chi connectivity index (χ3v) is 12.1. The molecule has 54 heavy (non-hydrogen) atoms. The number of piperazine rings is 1. The lowest BCUT2D eigenvalue weighted by molar-refractivity contribution is -0.385. The quantitative estimate of drug-likeness (QED) is 0.0627. The van der Waals surface area contributed by atoms with Crippen molar-refractivity contribution in [1.82, 2.24) is 19.6 Å². The zero-order valence-corrected chi connectivity index (χ0v) is 31.2. The topological polar surface area (TPSA) is 117 Å². The van der Waals surface area contributed by atoms with Gasteiger partial charge < -0.3 is 14.6 Å². The highest BCUT2D eigenvalue weighted by atomic mass is 35.5. The molecular formula is C42H39ClN6O4S. The summed E-state index contributed by atoms with van der Waals surface area (Å²) < 4.78 is 9.19. The number of hydrogen-bond acceptors (Lipinski definition) is 8. The molecule has 10 nitrogen and oxygen atoms in total. The molecule has 3 heterocycles. The lowest BCUT2D eigenvalue weighted by Gasteiger charge is -2.47. The summed E-state index contributed by atoms with van der Waals surface area (Å²) in [5.74, 6) is 2.79. The summed E-state index contributed by atoms with van der Waals surface area (Å²) >= 11 is 7.24. The Hall–Kier alpha value is -5.28. The Morgan fingerprint density at radius 2 is 1.87 bits per heavy atom. The number of amides is 1. The maximum atomic E-state index is 13.6. The number of aromatic nitrogens is 2. The van der Waals surface area contributed by atoms with Crippen LogP contribution in [-0.2, 0) is 0 Å².